The Morgan fingerprint density at radius 2 is 2.07 bits per heavy atom. The first kappa shape index (κ1) is 18.2. The van der Waals surface area contributed by atoms with E-state index in [9.17, 15) is 24.8 Å². The summed E-state index contributed by atoms with van der Waals surface area (Å²) < 4.78 is 2.61. The molecule has 0 aliphatic rings. The van der Waals surface area contributed by atoms with Gasteiger partial charge < -0.3 is 10.4 Å². The van der Waals surface area contributed by atoms with Crippen molar-refractivity contribution in [2.24, 2.45) is 7.05 Å². The lowest BCUT2D eigenvalue weighted by atomic mass is 10.1. The van der Waals surface area contributed by atoms with Crippen molar-refractivity contribution in [3.05, 3.63) is 62.8 Å². The Balaban J connectivity index is 1.62. The number of benzene rings is 1. The Hall–Kier alpha value is -3.60. The van der Waals surface area contributed by atoms with Crippen LogP contribution in [-0.4, -0.2) is 41.8 Å². The highest BCUT2D eigenvalue weighted by Crippen LogP contribution is 2.17. The molecule has 0 aliphatic carbocycles. The number of nitro benzene ring substituents is 1. The van der Waals surface area contributed by atoms with E-state index in [4.69, 9.17) is 0 Å². The number of nitro groups is 1. The number of aromatic nitrogens is 4. The highest BCUT2D eigenvalue weighted by atomic mass is 16.6. The third-order valence-electron chi connectivity index (χ3n) is 4.01. The molecule has 2 heterocycles. The SMILES string of the molecule is Cn1ncc2c(=O)n(CC(=O)NCC(O)c3ccc([N+](=O)[O-])cc3)cnc21. The van der Waals surface area contributed by atoms with Crippen molar-refractivity contribution < 1.29 is 14.8 Å². The van der Waals surface area contributed by atoms with Crippen LogP contribution < -0.4 is 10.9 Å². The third-order valence-corrected chi connectivity index (χ3v) is 4.01. The molecule has 11 heteroatoms. The van der Waals surface area contributed by atoms with Crippen LogP contribution in [0.5, 0.6) is 0 Å². The molecule has 2 N–H and O–H groups in total. The molecular formula is C16H16N6O5. The number of aliphatic hydroxyl groups excluding tert-OH is 1. The molecule has 2 aromatic heterocycles. The minimum atomic E-state index is -1.04. The van der Waals surface area contributed by atoms with Crippen molar-refractivity contribution >= 4 is 22.6 Å². The van der Waals surface area contributed by atoms with E-state index < -0.39 is 16.9 Å². The summed E-state index contributed by atoms with van der Waals surface area (Å²) in [5.74, 6) is -0.483. The van der Waals surface area contributed by atoms with E-state index in [1.54, 1.807) is 7.05 Å². The summed E-state index contributed by atoms with van der Waals surface area (Å²) in [7, 11) is 1.66. The monoisotopic (exact) mass is 372 g/mol. The van der Waals surface area contributed by atoms with Crippen LogP contribution in [0, 0.1) is 10.1 Å². The average molecular weight is 372 g/mol. The van der Waals surface area contributed by atoms with Crippen LogP contribution in [0.2, 0.25) is 0 Å². The maximum Gasteiger partial charge on any atom is 0.269 e. The summed E-state index contributed by atoms with van der Waals surface area (Å²) in [6, 6.07) is 5.38. The van der Waals surface area contributed by atoms with Gasteiger partial charge in [-0.15, -0.1) is 0 Å². The highest BCUT2D eigenvalue weighted by Gasteiger charge is 2.14. The van der Waals surface area contributed by atoms with Gasteiger partial charge in [0.25, 0.3) is 11.2 Å². The van der Waals surface area contributed by atoms with E-state index in [0.717, 1.165) is 4.57 Å². The van der Waals surface area contributed by atoms with Gasteiger partial charge in [-0.25, -0.2) is 4.98 Å². The standard InChI is InChI=1S/C16H16N6O5/c1-20-15-12(6-19-20)16(25)21(9-18-15)8-14(24)17-7-13(23)10-2-4-11(5-3-10)22(26)27/h2-6,9,13,23H,7-8H2,1H3,(H,17,24). The molecule has 0 saturated heterocycles. The molecule has 140 valence electrons. The number of nitrogens with one attached hydrogen (secondary N) is 1. The number of carbonyl (C=O) groups excluding carboxylic acids is 1. The van der Waals surface area contributed by atoms with Gasteiger partial charge in [0.15, 0.2) is 5.65 Å². The molecule has 0 bridgehead atoms. The molecule has 0 radical (unpaired) electrons. The van der Waals surface area contributed by atoms with E-state index in [1.807, 2.05) is 0 Å². The van der Waals surface area contributed by atoms with Gasteiger partial charge in [-0.05, 0) is 17.7 Å². The Labute approximate surface area is 152 Å². The van der Waals surface area contributed by atoms with Crippen LogP contribution in [0.15, 0.2) is 41.6 Å². The van der Waals surface area contributed by atoms with Crippen LogP contribution in [0.3, 0.4) is 0 Å². The quantitative estimate of drug-likeness (QED) is 0.453. The fourth-order valence-electron chi connectivity index (χ4n) is 2.54. The molecule has 0 saturated carbocycles. The lowest BCUT2D eigenvalue weighted by Gasteiger charge is -2.12. The minimum Gasteiger partial charge on any atom is -0.387 e. The smallest absolute Gasteiger partial charge is 0.269 e. The fraction of sp³-hybridized carbons (Fsp3) is 0.250. The first-order valence-corrected chi connectivity index (χ1v) is 7.93. The molecule has 1 aromatic carbocycles. The highest BCUT2D eigenvalue weighted by molar-refractivity contribution is 5.77. The van der Waals surface area contributed by atoms with Crippen molar-refractivity contribution in [3.63, 3.8) is 0 Å². The molecule has 11 nitrogen and oxygen atoms in total. The van der Waals surface area contributed by atoms with Crippen molar-refractivity contribution in [3.8, 4) is 0 Å². The summed E-state index contributed by atoms with van der Waals surface area (Å²) >= 11 is 0. The van der Waals surface area contributed by atoms with Gasteiger partial charge in [-0.3, -0.25) is 29.0 Å². The first-order valence-electron chi connectivity index (χ1n) is 7.93. The molecule has 0 fully saturated rings. The summed E-state index contributed by atoms with van der Waals surface area (Å²) in [5, 5.41) is 27.5. The second-order valence-corrected chi connectivity index (χ2v) is 5.85. The molecule has 3 rings (SSSR count). The molecule has 0 aliphatic heterocycles. The number of carbonyl (C=O) groups is 1. The number of rotatable bonds is 6. The Bertz CT molecular complexity index is 1060. The zero-order valence-electron chi connectivity index (χ0n) is 14.3. The van der Waals surface area contributed by atoms with Crippen LogP contribution in [-0.2, 0) is 18.4 Å². The van der Waals surface area contributed by atoms with Gasteiger partial charge >= 0.3 is 0 Å². The Kier molecular flexibility index (Phi) is 4.94. The zero-order valence-corrected chi connectivity index (χ0v) is 14.3. The molecule has 0 spiro atoms. The Morgan fingerprint density at radius 1 is 1.37 bits per heavy atom. The summed E-state index contributed by atoms with van der Waals surface area (Å²) in [5.41, 5.74) is 0.369. The average Bonchev–Trinajstić information content (AvgIpc) is 3.04. The number of hydrogen-bond donors (Lipinski definition) is 2. The molecule has 27 heavy (non-hydrogen) atoms. The number of nitrogens with zero attached hydrogens (tertiary/aromatic N) is 5. The van der Waals surface area contributed by atoms with Gasteiger partial charge in [0.1, 0.15) is 18.3 Å². The molecule has 1 amide bonds. The maximum absolute atomic E-state index is 12.3. The van der Waals surface area contributed by atoms with E-state index >= 15 is 0 Å². The number of non-ortho nitro benzene ring substituents is 1. The Morgan fingerprint density at radius 3 is 2.74 bits per heavy atom. The maximum atomic E-state index is 12.3. The van der Waals surface area contributed by atoms with Gasteiger partial charge in [0.2, 0.25) is 5.91 Å². The van der Waals surface area contributed by atoms with E-state index in [0.29, 0.717) is 16.6 Å². The van der Waals surface area contributed by atoms with E-state index in [1.165, 1.54) is 41.5 Å². The summed E-state index contributed by atoms with van der Waals surface area (Å²) in [6.45, 7) is -0.363. The molecule has 1 unspecified atom stereocenters. The van der Waals surface area contributed by atoms with Gasteiger partial charge in [-0.2, -0.15) is 5.10 Å². The molecular weight excluding hydrogens is 356 g/mol. The van der Waals surface area contributed by atoms with Crippen LogP contribution in [0.4, 0.5) is 5.69 Å². The largest absolute Gasteiger partial charge is 0.387 e. The molecule has 1 atom stereocenters. The number of hydrogen-bond acceptors (Lipinski definition) is 7. The normalized spacial score (nSPS) is 12.1. The zero-order chi connectivity index (χ0) is 19.6. The predicted octanol–water partition coefficient (Wildman–Crippen LogP) is -0.112. The fourth-order valence-corrected chi connectivity index (χ4v) is 2.54. The molecule has 3 aromatic rings. The second kappa shape index (κ2) is 7.33. The third kappa shape index (κ3) is 3.82. The minimum absolute atomic E-state index is 0.0901. The van der Waals surface area contributed by atoms with Gasteiger partial charge in [0, 0.05) is 25.7 Å². The number of amides is 1. The van der Waals surface area contributed by atoms with Crippen LogP contribution in [0.25, 0.3) is 11.0 Å². The predicted molar refractivity (Wildman–Crippen MR) is 93.8 cm³/mol. The number of fused-ring (bicyclic) bond motifs is 1. The van der Waals surface area contributed by atoms with Crippen LogP contribution in [0.1, 0.15) is 11.7 Å². The number of aryl methyl sites for hydroxylation is 1. The summed E-state index contributed by atoms with van der Waals surface area (Å²) in [6.07, 6.45) is 1.61. The van der Waals surface area contributed by atoms with Gasteiger partial charge in [0.05, 0.1) is 17.2 Å². The van der Waals surface area contributed by atoms with Crippen molar-refractivity contribution in [2.75, 3.05) is 6.54 Å². The van der Waals surface area contributed by atoms with E-state index in [2.05, 4.69) is 15.4 Å². The lowest BCUT2D eigenvalue weighted by molar-refractivity contribution is -0.384. The van der Waals surface area contributed by atoms with Crippen molar-refractivity contribution in [1.29, 1.82) is 0 Å². The van der Waals surface area contributed by atoms with Gasteiger partial charge in [-0.1, -0.05) is 0 Å². The topological polar surface area (TPSA) is 145 Å². The van der Waals surface area contributed by atoms with E-state index in [-0.39, 0.29) is 24.3 Å². The van der Waals surface area contributed by atoms with Crippen LogP contribution >= 0.6 is 0 Å². The van der Waals surface area contributed by atoms with Crippen molar-refractivity contribution in [1.82, 2.24) is 24.6 Å². The number of aliphatic hydroxyl groups is 1. The van der Waals surface area contributed by atoms with Crippen molar-refractivity contribution in [2.45, 2.75) is 12.6 Å². The lowest BCUT2D eigenvalue weighted by Crippen LogP contribution is -2.34. The first-order chi connectivity index (χ1) is 12.9. The second-order valence-electron chi connectivity index (χ2n) is 5.85. The summed E-state index contributed by atoms with van der Waals surface area (Å²) in [4.78, 5) is 38.6.